The van der Waals surface area contributed by atoms with Gasteiger partial charge in [-0.2, -0.15) is 18.3 Å². The predicted molar refractivity (Wildman–Crippen MR) is 117 cm³/mol. The van der Waals surface area contributed by atoms with Gasteiger partial charge in [-0.1, -0.05) is 6.07 Å². The van der Waals surface area contributed by atoms with Gasteiger partial charge >= 0.3 is 6.18 Å². The molecule has 1 aliphatic rings. The van der Waals surface area contributed by atoms with Crippen LogP contribution in [-0.4, -0.2) is 55.4 Å². The molecule has 12 heteroatoms. The number of tetrazole rings is 1. The number of halogens is 3. The van der Waals surface area contributed by atoms with Crippen molar-refractivity contribution in [1.82, 2.24) is 35.3 Å². The Balaban J connectivity index is 1.59. The van der Waals surface area contributed by atoms with Gasteiger partial charge in [0, 0.05) is 12.2 Å². The van der Waals surface area contributed by atoms with E-state index in [-0.39, 0.29) is 6.04 Å². The zero-order valence-corrected chi connectivity index (χ0v) is 19.5. The Morgan fingerprint density at radius 3 is 2.53 bits per heavy atom. The summed E-state index contributed by atoms with van der Waals surface area (Å²) in [5, 5.41) is 19.8. The fourth-order valence-electron chi connectivity index (χ4n) is 3.86. The van der Waals surface area contributed by atoms with E-state index >= 15 is 0 Å². The summed E-state index contributed by atoms with van der Waals surface area (Å²) in [5.74, 6) is 1.89. The van der Waals surface area contributed by atoms with E-state index in [0.29, 0.717) is 42.7 Å². The van der Waals surface area contributed by atoms with Crippen LogP contribution in [0.25, 0.3) is 0 Å². The zero-order valence-electron chi connectivity index (χ0n) is 19.5. The Morgan fingerprint density at radius 1 is 1.09 bits per heavy atom. The second kappa shape index (κ2) is 9.24. The second-order valence-corrected chi connectivity index (χ2v) is 9.36. The van der Waals surface area contributed by atoms with Crippen LogP contribution in [0, 0.1) is 0 Å². The largest absolute Gasteiger partial charge is 0.486 e. The smallest absolute Gasteiger partial charge is 0.408 e. The monoisotopic (exact) mass is 479 g/mol. The molecule has 2 atom stereocenters. The molecule has 0 aliphatic carbocycles. The van der Waals surface area contributed by atoms with Crippen LogP contribution >= 0.6 is 0 Å². The van der Waals surface area contributed by atoms with Gasteiger partial charge in [-0.05, 0) is 68.3 Å². The summed E-state index contributed by atoms with van der Waals surface area (Å²) in [6.45, 7) is 7.69. The second-order valence-electron chi connectivity index (χ2n) is 9.36. The van der Waals surface area contributed by atoms with Crippen molar-refractivity contribution in [2.75, 3.05) is 13.2 Å². The number of fused-ring (bicyclic) bond motifs is 1. The van der Waals surface area contributed by atoms with Gasteiger partial charge in [0.1, 0.15) is 25.8 Å². The molecule has 0 saturated heterocycles. The van der Waals surface area contributed by atoms with Gasteiger partial charge in [0.25, 0.3) is 0 Å². The highest BCUT2D eigenvalue weighted by molar-refractivity contribution is 5.44. The molecule has 3 aromatic rings. The number of hydrogen-bond donors (Lipinski definition) is 1. The minimum absolute atomic E-state index is 0.0922. The van der Waals surface area contributed by atoms with Gasteiger partial charge in [0.05, 0.1) is 11.2 Å². The Hall–Kier alpha value is -3.15. The van der Waals surface area contributed by atoms with E-state index < -0.39 is 24.3 Å². The van der Waals surface area contributed by atoms with Crippen molar-refractivity contribution in [2.24, 2.45) is 0 Å². The van der Waals surface area contributed by atoms with Gasteiger partial charge in [0.2, 0.25) is 0 Å². The molecule has 1 aliphatic heterocycles. The van der Waals surface area contributed by atoms with Crippen molar-refractivity contribution in [3.8, 4) is 11.5 Å². The topological polar surface area (TPSA) is 91.9 Å². The van der Waals surface area contributed by atoms with Crippen LogP contribution in [0.15, 0.2) is 30.5 Å². The summed E-state index contributed by atoms with van der Waals surface area (Å²) in [7, 11) is 0. The van der Waals surface area contributed by atoms with Crippen LogP contribution in [0.4, 0.5) is 13.2 Å². The molecule has 2 aromatic heterocycles. The average Bonchev–Trinajstić information content (AvgIpc) is 3.40. The third-order valence-corrected chi connectivity index (χ3v) is 5.29. The minimum atomic E-state index is -4.37. The third kappa shape index (κ3) is 5.66. The molecule has 4 rings (SSSR count). The Bertz CT molecular complexity index is 1120. The number of nitrogens with one attached hydrogen (secondary N) is 1. The van der Waals surface area contributed by atoms with E-state index in [1.807, 2.05) is 45.9 Å². The van der Waals surface area contributed by atoms with Crippen LogP contribution in [0.2, 0.25) is 0 Å². The van der Waals surface area contributed by atoms with E-state index in [9.17, 15) is 13.2 Å². The number of rotatable bonds is 7. The van der Waals surface area contributed by atoms with Crippen LogP contribution in [0.1, 0.15) is 50.8 Å². The van der Waals surface area contributed by atoms with Crippen LogP contribution in [0.3, 0.4) is 0 Å². The molecule has 0 amide bonds. The molecule has 0 radical (unpaired) electrons. The number of alkyl halides is 3. The first-order valence-electron chi connectivity index (χ1n) is 11.0. The quantitative estimate of drug-likeness (QED) is 0.556. The fourth-order valence-corrected chi connectivity index (χ4v) is 3.86. The highest BCUT2D eigenvalue weighted by Gasteiger charge is 2.32. The molecule has 34 heavy (non-hydrogen) atoms. The molecule has 3 heterocycles. The Morgan fingerprint density at radius 2 is 1.82 bits per heavy atom. The summed E-state index contributed by atoms with van der Waals surface area (Å²) in [5.41, 5.74) is 0.992. The maximum atomic E-state index is 12.9. The third-order valence-electron chi connectivity index (χ3n) is 5.29. The van der Waals surface area contributed by atoms with Gasteiger partial charge < -0.3 is 9.47 Å². The van der Waals surface area contributed by atoms with E-state index in [2.05, 4.69) is 25.9 Å². The van der Waals surface area contributed by atoms with E-state index in [4.69, 9.17) is 9.47 Å². The predicted octanol–water partition coefficient (Wildman–Crippen LogP) is 3.27. The van der Waals surface area contributed by atoms with Crippen LogP contribution in [0.5, 0.6) is 11.5 Å². The van der Waals surface area contributed by atoms with Crippen molar-refractivity contribution < 1.29 is 22.6 Å². The molecule has 0 saturated carbocycles. The molecule has 184 valence electrons. The van der Waals surface area contributed by atoms with Crippen molar-refractivity contribution >= 4 is 0 Å². The minimum Gasteiger partial charge on any atom is -0.486 e. The van der Waals surface area contributed by atoms with Crippen LogP contribution < -0.4 is 14.8 Å². The molecule has 0 fully saturated rings. The number of hydrogen-bond acceptors (Lipinski definition) is 7. The number of benzene rings is 1. The summed E-state index contributed by atoms with van der Waals surface area (Å²) >= 11 is 0. The highest BCUT2D eigenvalue weighted by Crippen LogP contribution is 2.31. The number of aromatic nitrogens is 6. The highest BCUT2D eigenvalue weighted by atomic mass is 19.4. The number of ether oxygens (including phenoxy) is 2. The first-order chi connectivity index (χ1) is 16.0. The van der Waals surface area contributed by atoms with E-state index in [1.165, 1.54) is 6.20 Å². The van der Waals surface area contributed by atoms with Crippen molar-refractivity contribution in [2.45, 2.75) is 64.5 Å². The summed E-state index contributed by atoms with van der Waals surface area (Å²) in [4.78, 5) is 0. The van der Waals surface area contributed by atoms with Crippen LogP contribution in [-0.2, 0) is 18.5 Å². The lowest BCUT2D eigenvalue weighted by Crippen LogP contribution is -2.37. The molecular weight excluding hydrogens is 451 g/mol. The fraction of sp³-hybridized carbons (Fsp3) is 0.545. The first kappa shape index (κ1) is 24.0. The van der Waals surface area contributed by atoms with Crippen molar-refractivity contribution in [1.29, 1.82) is 0 Å². The van der Waals surface area contributed by atoms with E-state index in [0.717, 1.165) is 10.2 Å². The van der Waals surface area contributed by atoms with Gasteiger partial charge in [-0.25, -0.2) is 4.68 Å². The number of nitrogens with zero attached hydrogens (tertiary/aromatic N) is 6. The molecular formula is C22H28F3N7O2. The standard InChI is InChI=1S/C22H28F3N7O2/c1-14(11-15-5-6-17-18(12-15)34-10-9-33-17)26-19(20-27-29-30-32(20)21(2,3)4)16-7-8-31(28-16)13-22(23,24)25/h5-8,12,14,19,26H,9-11,13H2,1-4H3/t14-,19?/m1/s1. The summed E-state index contributed by atoms with van der Waals surface area (Å²) < 4.78 is 52.4. The molecule has 0 bridgehead atoms. The maximum absolute atomic E-state index is 12.9. The van der Waals surface area contributed by atoms with E-state index in [1.54, 1.807) is 10.7 Å². The Kier molecular flexibility index (Phi) is 6.52. The lowest BCUT2D eigenvalue weighted by atomic mass is 10.0. The van der Waals surface area contributed by atoms with Gasteiger partial charge in [0.15, 0.2) is 17.3 Å². The molecule has 0 spiro atoms. The lowest BCUT2D eigenvalue weighted by molar-refractivity contribution is -0.142. The average molecular weight is 480 g/mol. The van der Waals surface area contributed by atoms with Crippen molar-refractivity contribution in [3.05, 3.63) is 47.5 Å². The van der Waals surface area contributed by atoms with Gasteiger partial charge in [-0.15, -0.1) is 5.10 Å². The molecule has 1 aromatic carbocycles. The Labute approximate surface area is 195 Å². The molecule has 1 N–H and O–H groups in total. The normalized spacial score (nSPS) is 15.9. The zero-order chi connectivity index (χ0) is 24.5. The lowest BCUT2D eigenvalue weighted by Gasteiger charge is -2.26. The molecule has 9 nitrogen and oxygen atoms in total. The van der Waals surface area contributed by atoms with Gasteiger partial charge in [-0.3, -0.25) is 10.00 Å². The first-order valence-corrected chi connectivity index (χ1v) is 11.0. The van der Waals surface area contributed by atoms with Crippen molar-refractivity contribution in [3.63, 3.8) is 0 Å². The molecule has 1 unspecified atom stereocenters. The SMILES string of the molecule is C[C@H](Cc1ccc2c(c1)OCCO2)NC(c1ccn(CC(F)(F)F)n1)c1nnnn1C(C)(C)C. The summed E-state index contributed by atoms with van der Waals surface area (Å²) in [6.07, 6.45) is -2.42. The summed E-state index contributed by atoms with van der Waals surface area (Å²) in [6, 6.07) is 6.65. The maximum Gasteiger partial charge on any atom is 0.408 e.